The lowest BCUT2D eigenvalue weighted by Crippen LogP contribution is -2.12. The Morgan fingerprint density at radius 1 is 0.875 bits per heavy atom. The largest absolute Gasteiger partial charge is 0.0619 e. The molecule has 0 nitrogen and oxygen atoms in total. The van der Waals surface area contributed by atoms with Crippen LogP contribution in [-0.4, -0.2) is 0 Å². The van der Waals surface area contributed by atoms with E-state index in [0.717, 1.165) is 0 Å². The van der Waals surface area contributed by atoms with E-state index < -0.39 is 0 Å². The van der Waals surface area contributed by atoms with E-state index in [2.05, 4.69) is 63.2 Å². The van der Waals surface area contributed by atoms with Crippen molar-refractivity contribution in [3.8, 4) is 11.1 Å². The lowest BCUT2D eigenvalue weighted by molar-refractivity contribution is 0.592. The summed E-state index contributed by atoms with van der Waals surface area (Å²) in [5.74, 6) is 0. The van der Waals surface area contributed by atoms with Crippen molar-refractivity contribution in [2.24, 2.45) is 0 Å². The summed E-state index contributed by atoms with van der Waals surface area (Å²) in [6, 6.07) is 19.8. The van der Waals surface area contributed by atoms with E-state index in [9.17, 15) is 0 Å². The Labute approximate surface area is 97.9 Å². The molecule has 2 rings (SSSR count). The van der Waals surface area contributed by atoms with Crippen molar-refractivity contribution in [3.05, 3.63) is 60.2 Å². The molecule has 81 valence electrons. The zero-order valence-electron chi connectivity index (χ0n) is 10.1. The Morgan fingerprint density at radius 2 is 1.50 bits per heavy atom. The highest BCUT2D eigenvalue weighted by atomic mass is 14.2. The zero-order valence-corrected chi connectivity index (χ0v) is 10.1. The minimum atomic E-state index is 0.177. The molecular formula is C16H17. The highest BCUT2D eigenvalue weighted by Gasteiger charge is 2.17. The average Bonchev–Trinajstić information content (AvgIpc) is 2.29. The van der Waals surface area contributed by atoms with Gasteiger partial charge in [-0.15, -0.1) is 0 Å². The van der Waals surface area contributed by atoms with Gasteiger partial charge in [-0.1, -0.05) is 69.3 Å². The van der Waals surface area contributed by atoms with Crippen LogP contribution in [0.2, 0.25) is 0 Å². The third kappa shape index (κ3) is 2.16. The van der Waals surface area contributed by atoms with Crippen LogP contribution in [0, 0.1) is 6.07 Å². The fraction of sp³-hybridized carbons (Fsp3) is 0.250. The van der Waals surface area contributed by atoms with Crippen LogP contribution in [0.3, 0.4) is 0 Å². The lowest BCUT2D eigenvalue weighted by Gasteiger charge is -2.23. The van der Waals surface area contributed by atoms with E-state index in [4.69, 9.17) is 0 Å². The van der Waals surface area contributed by atoms with Crippen LogP contribution in [0.1, 0.15) is 26.3 Å². The van der Waals surface area contributed by atoms with Crippen LogP contribution in [-0.2, 0) is 5.41 Å². The van der Waals surface area contributed by atoms with E-state index in [0.29, 0.717) is 0 Å². The Kier molecular flexibility index (Phi) is 2.82. The fourth-order valence-corrected chi connectivity index (χ4v) is 1.96. The molecule has 0 fully saturated rings. The van der Waals surface area contributed by atoms with Gasteiger partial charge in [-0.3, -0.25) is 0 Å². The molecule has 0 N–H and O–H groups in total. The summed E-state index contributed by atoms with van der Waals surface area (Å²) >= 11 is 0. The summed E-state index contributed by atoms with van der Waals surface area (Å²) in [5, 5.41) is 0. The van der Waals surface area contributed by atoms with Gasteiger partial charge in [0.2, 0.25) is 0 Å². The Balaban J connectivity index is 2.58. The first-order valence-electron chi connectivity index (χ1n) is 5.65. The average molecular weight is 209 g/mol. The first kappa shape index (κ1) is 10.9. The second kappa shape index (κ2) is 4.13. The summed E-state index contributed by atoms with van der Waals surface area (Å²) in [4.78, 5) is 0. The fourth-order valence-electron chi connectivity index (χ4n) is 1.96. The second-order valence-corrected chi connectivity index (χ2v) is 5.08. The third-order valence-electron chi connectivity index (χ3n) is 2.76. The summed E-state index contributed by atoms with van der Waals surface area (Å²) in [5.41, 5.74) is 4.16. The summed E-state index contributed by atoms with van der Waals surface area (Å²) in [6.45, 7) is 6.75. The predicted molar refractivity (Wildman–Crippen MR) is 69.4 cm³/mol. The first-order chi connectivity index (χ1) is 7.59. The van der Waals surface area contributed by atoms with Gasteiger partial charge in [0.05, 0.1) is 0 Å². The topological polar surface area (TPSA) is 0 Å². The molecule has 0 atom stereocenters. The molecule has 0 aromatic heterocycles. The van der Waals surface area contributed by atoms with Crippen LogP contribution in [0.5, 0.6) is 0 Å². The number of rotatable bonds is 1. The van der Waals surface area contributed by atoms with Crippen molar-refractivity contribution >= 4 is 0 Å². The van der Waals surface area contributed by atoms with Crippen LogP contribution in [0.4, 0.5) is 0 Å². The minimum absolute atomic E-state index is 0.177. The van der Waals surface area contributed by atoms with Crippen molar-refractivity contribution in [2.75, 3.05) is 0 Å². The van der Waals surface area contributed by atoms with Gasteiger partial charge in [0.15, 0.2) is 0 Å². The third-order valence-corrected chi connectivity index (χ3v) is 2.76. The van der Waals surface area contributed by atoms with E-state index in [1.807, 2.05) is 12.1 Å². The van der Waals surface area contributed by atoms with Crippen LogP contribution in [0.15, 0.2) is 48.5 Å². The molecule has 0 amide bonds. The Bertz CT molecular complexity index is 461. The van der Waals surface area contributed by atoms with Crippen molar-refractivity contribution in [3.63, 3.8) is 0 Å². The highest BCUT2D eigenvalue weighted by Crippen LogP contribution is 2.32. The van der Waals surface area contributed by atoms with Gasteiger partial charge in [-0.05, 0) is 28.2 Å². The maximum Gasteiger partial charge on any atom is -0.0126 e. The first-order valence-corrected chi connectivity index (χ1v) is 5.65. The monoisotopic (exact) mass is 209 g/mol. The molecule has 2 aromatic rings. The number of hydrogen-bond acceptors (Lipinski definition) is 0. The summed E-state index contributed by atoms with van der Waals surface area (Å²) in [6.07, 6.45) is 0. The van der Waals surface area contributed by atoms with Crippen molar-refractivity contribution in [1.29, 1.82) is 0 Å². The van der Waals surface area contributed by atoms with Gasteiger partial charge in [-0.2, -0.15) is 0 Å². The molecule has 0 saturated carbocycles. The highest BCUT2D eigenvalue weighted by molar-refractivity contribution is 5.68. The predicted octanol–water partition coefficient (Wildman–Crippen LogP) is 4.45. The molecule has 0 heterocycles. The van der Waals surface area contributed by atoms with Crippen LogP contribution in [0.25, 0.3) is 11.1 Å². The van der Waals surface area contributed by atoms with E-state index in [-0.39, 0.29) is 5.41 Å². The van der Waals surface area contributed by atoms with Gasteiger partial charge in [-0.25, -0.2) is 0 Å². The molecule has 16 heavy (non-hydrogen) atoms. The molecular weight excluding hydrogens is 192 g/mol. The standard InChI is InChI=1S/C16H17/c1-16(2,3)15-12-8-7-11-14(15)13-9-5-4-6-10-13/h5-12H,1-3H3. The SMILES string of the molecule is CC(C)(C)c1ccccc1-c1cc[c]cc1. The van der Waals surface area contributed by atoms with Crippen molar-refractivity contribution in [1.82, 2.24) is 0 Å². The summed E-state index contributed by atoms with van der Waals surface area (Å²) in [7, 11) is 0. The molecule has 0 heteroatoms. The molecule has 0 aliphatic carbocycles. The van der Waals surface area contributed by atoms with Gasteiger partial charge in [0.1, 0.15) is 0 Å². The van der Waals surface area contributed by atoms with Gasteiger partial charge in [0.25, 0.3) is 0 Å². The molecule has 1 radical (unpaired) electrons. The van der Waals surface area contributed by atoms with E-state index in [1.54, 1.807) is 0 Å². The van der Waals surface area contributed by atoms with Crippen LogP contribution < -0.4 is 0 Å². The smallest absolute Gasteiger partial charge is 0.0126 e. The maximum atomic E-state index is 3.06. The minimum Gasteiger partial charge on any atom is -0.0619 e. The maximum absolute atomic E-state index is 3.06. The van der Waals surface area contributed by atoms with Crippen LogP contribution >= 0.6 is 0 Å². The molecule has 2 aromatic carbocycles. The molecule has 0 saturated heterocycles. The molecule has 0 aliphatic heterocycles. The quantitative estimate of drug-likeness (QED) is 0.651. The summed E-state index contributed by atoms with van der Waals surface area (Å²) < 4.78 is 0. The van der Waals surface area contributed by atoms with Gasteiger partial charge >= 0.3 is 0 Å². The number of hydrogen-bond donors (Lipinski definition) is 0. The lowest BCUT2D eigenvalue weighted by atomic mass is 9.82. The molecule has 0 aliphatic rings. The normalized spacial score (nSPS) is 11.4. The molecule has 0 unspecified atom stereocenters. The second-order valence-electron chi connectivity index (χ2n) is 5.08. The van der Waals surface area contributed by atoms with E-state index >= 15 is 0 Å². The Hall–Kier alpha value is -1.56. The molecule has 0 spiro atoms. The molecule has 0 bridgehead atoms. The Morgan fingerprint density at radius 3 is 2.12 bits per heavy atom. The zero-order chi connectivity index (χ0) is 11.6. The van der Waals surface area contributed by atoms with Crippen molar-refractivity contribution < 1.29 is 0 Å². The van der Waals surface area contributed by atoms with Gasteiger partial charge < -0.3 is 0 Å². The van der Waals surface area contributed by atoms with Gasteiger partial charge in [0, 0.05) is 0 Å². The van der Waals surface area contributed by atoms with E-state index in [1.165, 1.54) is 16.7 Å². The number of benzene rings is 2. The van der Waals surface area contributed by atoms with Crippen molar-refractivity contribution in [2.45, 2.75) is 26.2 Å².